The number of rotatable bonds is 7. The first kappa shape index (κ1) is 20.5. The smallest absolute Gasteiger partial charge is 0.149 e. The van der Waals surface area contributed by atoms with E-state index in [1.54, 1.807) is 86.6 Å². The number of nitrogens with zero attached hydrogens (tertiary/aromatic N) is 3. The van der Waals surface area contributed by atoms with E-state index in [-0.39, 0.29) is 45.2 Å². The van der Waals surface area contributed by atoms with E-state index in [1.165, 1.54) is 35.0 Å². The normalized spacial score (nSPS) is 21.8. The van der Waals surface area contributed by atoms with Crippen LogP contribution in [0.25, 0.3) is 72.7 Å². The third-order valence-electron chi connectivity index (χ3n) is 11.2. The second-order valence-corrected chi connectivity index (χ2v) is 17.4. The highest BCUT2D eigenvalue weighted by Gasteiger charge is 2.30. The Hall–Kier alpha value is -6.26. The topological polar surface area (TPSA) is 50.9 Å². The van der Waals surface area contributed by atoms with Crippen LogP contribution in [0.15, 0.2) is 140 Å². The van der Waals surface area contributed by atoms with Crippen LogP contribution in [0.5, 0.6) is 5.75 Å². The largest absolute Gasteiger partial charge is 0.507 e. The van der Waals surface area contributed by atoms with Gasteiger partial charge in [0, 0.05) is 66.8 Å². The maximum Gasteiger partial charge on any atom is 0.149 e. The van der Waals surface area contributed by atoms with Gasteiger partial charge in [-0.15, -0.1) is 0 Å². The highest BCUT2D eigenvalue weighted by Crippen LogP contribution is 2.46. The summed E-state index contributed by atoms with van der Waals surface area (Å²) in [6.45, 7) is -28.3. The predicted molar refractivity (Wildman–Crippen MR) is 277 cm³/mol. The lowest BCUT2D eigenvalue weighted by Crippen LogP contribution is -2.17. The molecule has 2 aromatic heterocycles. The van der Waals surface area contributed by atoms with Crippen LogP contribution in [0.2, 0.25) is 0 Å². The van der Waals surface area contributed by atoms with Gasteiger partial charge in [0.15, 0.2) is 0 Å². The molecular formula is C61H67N3O. The molecule has 0 radical (unpaired) electrons. The van der Waals surface area contributed by atoms with Crippen LogP contribution in [0.4, 0.5) is 0 Å². The zero-order valence-electron chi connectivity index (χ0n) is 68.3. The van der Waals surface area contributed by atoms with Crippen molar-refractivity contribution in [1.82, 2.24) is 14.5 Å². The fourth-order valence-corrected chi connectivity index (χ4v) is 7.71. The number of aromatic hydroxyl groups is 1. The summed E-state index contributed by atoms with van der Waals surface area (Å²) in [5.41, 5.74) is -16.2. The Morgan fingerprint density at radius 1 is 0.569 bits per heavy atom. The molecule has 0 unspecified atom stereocenters. The van der Waals surface area contributed by atoms with E-state index >= 15 is 0 Å². The van der Waals surface area contributed by atoms with Crippen LogP contribution in [-0.4, -0.2) is 19.6 Å². The molecule has 8 aromatic rings. The lowest BCUT2D eigenvalue weighted by Gasteiger charge is -2.27. The molecule has 0 atom stereocenters. The number of fused-ring (bicyclic) bond motifs is 1. The molecule has 8 rings (SSSR count). The van der Waals surface area contributed by atoms with Crippen molar-refractivity contribution in [2.24, 2.45) is 0 Å². The van der Waals surface area contributed by atoms with Crippen molar-refractivity contribution >= 4 is 11.0 Å². The monoisotopic (exact) mass is 890 g/mol. The Labute approximate surface area is 433 Å². The Bertz CT molecular complexity index is 4210. The van der Waals surface area contributed by atoms with Gasteiger partial charge in [-0.2, -0.15) is 0 Å². The van der Waals surface area contributed by atoms with Crippen LogP contribution >= 0.6 is 0 Å². The van der Waals surface area contributed by atoms with E-state index in [1.807, 2.05) is 20.8 Å². The fraction of sp³-hybridized carbons (Fsp3) is 0.311. The van der Waals surface area contributed by atoms with Crippen molar-refractivity contribution in [2.45, 2.75) is 124 Å². The molecule has 0 saturated heterocycles. The van der Waals surface area contributed by atoms with Gasteiger partial charge < -0.3 is 5.11 Å². The summed E-state index contributed by atoms with van der Waals surface area (Å²) in [5, 5.41) is 13.1. The second kappa shape index (κ2) is 16.6. The van der Waals surface area contributed by atoms with Gasteiger partial charge in [-0.1, -0.05) is 181 Å². The molecule has 0 aliphatic rings. The van der Waals surface area contributed by atoms with Gasteiger partial charge in [-0.3, -0.25) is 9.55 Å². The van der Waals surface area contributed by atoms with E-state index in [2.05, 4.69) is 4.98 Å². The summed E-state index contributed by atoms with van der Waals surface area (Å²) in [6, 6.07) is 22.0. The minimum absolute atomic E-state index is 0.0556. The van der Waals surface area contributed by atoms with Crippen molar-refractivity contribution in [3.8, 4) is 67.5 Å². The molecule has 4 nitrogen and oxygen atoms in total. The molecule has 1 N–H and O–H groups in total. The van der Waals surface area contributed by atoms with Crippen molar-refractivity contribution in [3.63, 3.8) is 0 Å². The number of benzene rings is 6. The van der Waals surface area contributed by atoms with Crippen LogP contribution < -0.4 is 0 Å². The van der Waals surface area contributed by atoms with Crippen molar-refractivity contribution in [2.75, 3.05) is 0 Å². The number of hydrogen-bond acceptors (Lipinski definition) is 3. The summed E-state index contributed by atoms with van der Waals surface area (Å²) < 4.78 is 280. The molecular weight excluding hydrogens is 791 g/mol. The van der Waals surface area contributed by atoms with E-state index in [0.717, 1.165) is 0 Å². The molecule has 332 valence electrons. The maximum absolute atomic E-state index is 13.1. The SMILES string of the molecule is [2H]c1c([2H])c(C(C([2H])([2H])[2H])(C([2H])([2H])[2H])C([2H])([2H])[2H])c([2H])c([2H])c1-c1ccnc(-c2cc(-c3cccc4c3nc(-c3cc(C(C([2H])([2H])[2H])(C([2H])([2H])[2H])C([2H])([2H])[2H])cc(C(C([2H])([2H])[2H])(C([2H])([2H])[2H])C([2H])([2H])[2H])c3O)n4-c3ccc(C([2H])(C)C)cc3-c3ccccc3)cc(C(C)(C)C)c2)c1. The Morgan fingerprint density at radius 3 is 1.92 bits per heavy atom. The molecule has 0 saturated carbocycles. The first-order chi connectivity index (χ1) is 43.7. The summed E-state index contributed by atoms with van der Waals surface area (Å²) in [4.78, 5) is 9.70. The summed E-state index contributed by atoms with van der Waals surface area (Å²) >= 11 is 0. The van der Waals surface area contributed by atoms with Crippen LogP contribution in [-0.2, 0) is 21.7 Å². The molecule has 6 aromatic carbocycles. The van der Waals surface area contributed by atoms with Crippen molar-refractivity contribution < 1.29 is 49.0 Å². The first-order valence-corrected chi connectivity index (χ1v) is 20.6. The van der Waals surface area contributed by atoms with Gasteiger partial charge >= 0.3 is 0 Å². The number of imidazole rings is 1. The van der Waals surface area contributed by atoms with Gasteiger partial charge in [0.1, 0.15) is 11.6 Å². The first-order valence-electron chi connectivity index (χ1n) is 36.6. The molecule has 0 fully saturated rings. The molecule has 0 bridgehead atoms. The predicted octanol–water partition coefficient (Wildman–Crippen LogP) is 16.8. The molecule has 65 heavy (non-hydrogen) atoms. The lowest BCUT2D eigenvalue weighted by molar-refractivity contribution is 0.446. The van der Waals surface area contributed by atoms with Crippen molar-refractivity contribution in [3.05, 3.63) is 167 Å². The number of pyridine rings is 1. The molecule has 4 heteroatoms. The van der Waals surface area contributed by atoms with Gasteiger partial charge in [-0.05, 0) is 121 Å². The maximum atomic E-state index is 13.1. The average Bonchev–Trinajstić information content (AvgIpc) is 0.943. The zero-order chi connectivity index (χ0) is 73.7. The van der Waals surface area contributed by atoms with Gasteiger partial charge in [0.05, 0.1) is 33.5 Å². The summed E-state index contributed by atoms with van der Waals surface area (Å²) in [7, 11) is 0. The number of hydrogen-bond donors (Lipinski definition) is 1. The van der Waals surface area contributed by atoms with Crippen molar-refractivity contribution in [1.29, 1.82) is 0 Å². The Morgan fingerprint density at radius 2 is 1.25 bits per heavy atom. The lowest BCUT2D eigenvalue weighted by atomic mass is 9.79. The Balaban J connectivity index is 1.57. The molecule has 0 aliphatic carbocycles. The number of phenols is 1. The van der Waals surface area contributed by atoms with E-state index in [4.69, 9.17) is 46.1 Å². The molecule has 2 heterocycles. The van der Waals surface area contributed by atoms with E-state index in [9.17, 15) is 7.85 Å². The van der Waals surface area contributed by atoms with Gasteiger partial charge in [-0.25, -0.2) is 4.98 Å². The molecule has 0 spiro atoms. The summed E-state index contributed by atoms with van der Waals surface area (Å²) in [6.07, 6.45) is 1.24. The molecule has 0 amide bonds. The Kier molecular flexibility index (Phi) is 5.24. The second-order valence-electron chi connectivity index (χ2n) is 17.4. The third kappa shape index (κ3) is 9.06. The van der Waals surface area contributed by atoms with E-state index in [0.29, 0.717) is 33.9 Å². The fourth-order valence-electron chi connectivity index (χ4n) is 7.71. The van der Waals surface area contributed by atoms with Crippen LogP contribution in [0, 0.1) is 0 Å². The van der Waals surface area contributed by atoms with Gasteiger partial charge in [0.25, 0.3) is 0 Å². The zero-order valence-corrected chi connectivity index (χ0v) is 36.3. The number of phenolic OH excluding ortho intramolecular Hbond substituents is 1. The summed E-state index contributed by atoms with van der Waals surface area (Å²) in [5.74, 6) is -3.40. The van der Waals surface area contributed by atoms with Crippen LogP contribution in [0.1, 0.15) is 174 Å². The number of para-hydroxylation sites is 1. The highest BCUT2D eigenvalue weighted by molar-refractivity contribution is 5.98. The third-order valence-corrected chi connectivity index (χ3v) is 11.2. The average molecular weight is 890 g/mol. The minimum atomic E-state index is -4.27. The molecule has 0 aliphatic heterocycles. The van der Waals surface area contributed by atoms with E-state index < -0.39 is 153 Å². The van der Waals surface area contributed by atoms with Gasteiger partial charge in [0.2, 0.25) is 0 Å². The quantitative estimate of drug-likeness (QED) is 0.173. The highest BCUT2D eigenvalue weighted by atomic mass is 16.3. The number of aromatic nitrogens is 3. The minimum Gasteiger partial charge on any atom is -0.507 e. The standard InChI is InChI=1S/C61H67N3O/c1-38(2)41-25-28-53(49(34-41)40-19-16-15-17-20-40)64-54-22-18-21-48(55(54)63-57(64)50-36-47(60(9,10)11)37-51(56(50)65)61(12,13)14)43-31-44(33-46(32-43)59(6,7)8)52-35-42(29-30-62-52)39-23-26-45(27-24-39)58(3,4)5/h15-38,65H,1-14H3/i3D3,4D3,5D3,9D3,10D3,11D3,12D3,13D3,14D3,23D,24D,26D,27D,38D. The van der Waals surface area contributed by atoms with Crippen LogP contribution in [0.3, 0.4) is 0 Å².